The Hall–Kier alpha value is -2.64. The molecule has 0 aliphatic carbocycles. The second-order valence-electron chi connectivity index (χ2n) is 7.62. The zero-order valence-electron chi connectivity index (χ0n) is 17.2. The smallest absolute Gasteiger partial charge is 0.251 e. The van der Waals surface area contributed by atoms with Crippen molar-refractivity contribution in [2.45, 2.75) is 46.0 Å². The summed E-state index contributed by atoms with van der Waals surface area (Å²) >= 11 is 0. The molecule has 0 unspecified atom stereocenters. The third kappa shape index (κ3) is 5.05. The van der Waals surface area contributed by atoms with Crippen molar-refractivity contribution in [2.24, 2.45) is 0 Å². The van der Waals surface area contributed by atoms with Crippen molar-refractivity contribution in [3.8, 4) is 0 Å². The molecule has 0 bridgehead atoms. The van der Waals surface area contributed by atoms with Crippen LogP contribution in [-0.2, 0) is 22.3 Å². The van der Waals surface area contributed by atoms with Crippen LogP contribution in [0.15, 0.2) is 42.5 Å². The van der Waals surface area contributed by atoms with E-state index in [9.17, 15) is 13.2 Å². The summed E-state index contributed by atoms with van der Waals surface area (Å²) in [6, 6.07) is 12.7. The summed E-state index contributed by atoms with van der Waals surface area (Å²) in [6.07, 6.45) is 0. The summed E-state index contributed by atoms with van der Waals surface area (Å²) in [5.74, 6) is -0.312. The first-order valence-electron chi connectivity index (χ1n) is 9.60. The maximum atomic E-state index is 12.7. The van der Waals surface area contributed by atoms with Crippen LogP contribution in [0.5, 0.6) is 0 Å². The van der Waals surface area contributed by atoms with Crippen molar-refractivity contribution in [1.82, 2.24) is 15.0 Å². The minimum atomic E-state index is -3.44. The molecule has 0 saturated carbocycles. The van der Waals surface area contributed by atoms with Gasteiger partial charge in [0.1, 0.15) is 0 Å². The van der Waals surface area contributed by atoms with Gasteiger partial charge >= 0.3 is 0 Å². The number of fused-ring (bicyclic) bond motifs is 1. The average Bonchev–Trinajstić information content (AvgIpc) is 2.93. The lowest BCUT2D eigenvalue weighted by Gasteiger charge is -2.13. The van der Waals surface area contributed by atoms with Crippen LogP contribution >= 0.6 is 0 Å². The molecule has 3 aromatic rings. The molecular formula is C22H27N3O3S. The van der Waals surface area contributed by atoms with Crippen molar-refractivity contribution in [2.75, 3.05) is 0 Å². The number of rotatable bonds is 7. The SMILES string of the molecule is Cc1[nH]c2ccc(C(=O)NCc3ccccc3CS(=O)(=O)NC(C)C)cc2c1C. The second-order valence-corrected chi connectivity index (χ2v) is 9.37. The highest BCUT2D eigenvalue weighted by Crippen LogP contribution is 2.22. The molecule has 1 heterocycles. The number of carbonyl (C=O) groups excluding carboxylic acids is 1. The molecule has 154 valence electrons. The van der Waals surface area contributed by atoms with Gasteiger partial charge in [-0.05, 0) is 62.6 Å². The first kappa shape index (κ1) is 21.1. The highest BCUT2D eigenvalue weighted by molar-refractivity contribution is 7.88. The van der Waals surface area contributed by atoms with Crippen molar-refractivity contribution in [1.29, 1.82) is 0 Å². The number of aromatic nitrogens is 1. The van der Waals surface area contributed by atoms with Gasteiger partial charge in [-0.3, -0.25) is 4.79 Å². The van der Waals surface area contributed by atoms with Crippen LogP contribution in [0.3, 0.4) is 0 Å². The highest BCUT2D eigenvalue weighted by atomic mass is 32.2. The highest BCUT2D eigenvalue weighted by Gasteiger charge is 2.16. The van der Waals surface area contributed by atoms with Crippen LogP contribution in [0.4, 0.5) is 0 Å². The van der Waals surface area contributed by atoms with Crippen molar-refractivity contribution >= 4 is 26.8 Å². The first-order chi connectivity index (χ1) is 13.7. The Balaban J connectivity index is 1.75. The van der Waals surface area contributed by atoms with Crippen molar-refractivity contribution in [3.63, 3.8) is 0 Å². The monoisotopic (exact) mass is 413 g/mol. The van der Waals surface area contributed by atoms with Crippen molar-refractivity contribution < 1.29 is 13.2 Å². The van der Waals surface area contributed by atoms with E-state index in [1.807, 2.05) is 38.1 Å². The van der Waals surface area contributed by atoms with Gasteiger partial charge in [0.2, 0.25) is 10.0 Å². The van der Waals surface area contributed by atoms with Crippen LogP contribution in [-0.4, -0.2) is 25.4 Å². The van der Waals surface area contributed by atoms with E-state index in [-0.39, 0.29) is 24.2 Å². The number of nitrogens with one attached hydrogen (secondary N) is 3. The van der Waals surface area contributed by atoms with Gasteiger partial charge < -0.3 is 10.3 Å². The Labute approximate surface area is 171 Å². The molecular weight excluding hydrogens is 386 g/mol. The molecule has 2 aromatic carbocycles. The van der Waals surface area contributed by atoms with Gasteiger partial charge in [-0.1, -0.05) is 24.3 Å². The number of benzene rings is 2. The zero-order valence-corrected chi connectivity index (χ0v) is 18.0. The summed E-state index contributed by atoms with van der Waals surface area (Å²) in [5.41, 5.74) is 5.25. The van der Waals surface area contributed by atoms with Crippen LogP contribution in [0.2, 0.25) is 0 Å². The van der Waals surface area contributed by atoms with Gasteiger partial charge in [0, 0.05) is 34.7 Å². The van der Waals surface area contributed by atoms with Gasteiger partial charge in [-0.15, -0.1) is 0 Å². The molecule has 29 heavy (non-hydrogen) atoms. The number of H-pyrrole nitrogens is 1. The fourth-order valence-corrected chi connectivity index (χ4v) is 4.85. The van der Waals surface area contributed by atoms with Gasteiger partial charge in [0.05, 0.1) is 5.75 Å². The van der Waals surface area contributed by atoms with E-state index >= 15 is 0 Å². The van der Waals surface area contributed by atoms with E-state index in [1.165, 1.54) is 0 Å². The first-order valence-corrected chi connectivity index (χ1v) is 11.3. The number of hydrogen-bond donors (Lipinski definition) is 3. The molecule has 0 saturated heterocycles. The maximum Gasteiger partial charge on any atom is 0.251 e. The van der Waals surface area contributed by atoms with Crippen LogP contribution in [0, 0.1) is 13.8 Å². The molecule has 1 aromatic heterocycles. The lowest BCUT2D eigenvalue weighted by Crippen LogP contribution is -2.31. The molecule has 7 heteroatoms. The van der Waals surface area contributed by atoms with E-state index in [0.29, 0.717) is 11.1 Å². The molecule has 6 nitrogen and oxygen atoms in total. The fraction of sp³-hybridized carbons (Fsp3) is 0.318. The van der Waals surface area contributed by atoms with Crippen LogP contribution in [0.25, 0.3) is 10.9 Å². The minimum absolute atomic E-state index is 0.120. The number of hydrogen-bond acceptors (Lipinski definition) is 3. The van der Waals surface area contributed by atoms with Crippen LogP contribution in [0.1, 0.15) is 46.6 Å². The molecule has 0 fully saturated rings. The molecule has 3 rings (SSSR count). The third-order valence-corrected chi connectivity index (χ3v) is 6.41. The summed E-state index contributed by atoms with van der Waals surface area (Å²) in [6.45, 7) is 7.86. The lowest BCUT2D eigenvalue weighted by atomic mass is 10.1. The predicted molar refractivity (Wildman–Crippen MR) is 116 cm³/mol. The predicted octanol–water partition coefficient (Wildman–Crippen LogP) is 3.54. The number of sulfonamides is 1. The topological polar surface area (TPSA) is 91.1 Å². The lowest BCUT2D eigenvalue weighted by molar-refractivity contribution is 0.0951. The standard InChI is InChI=1S/C22H27N3O3S/c1-14(2)25-29(27,28)13-19-8-6-5-7-18(19)12-23-22(26)17-9-10-21-20(11-17)15(3)16(4)24-21/h5-11,14,24-25H,12-13H2,1-4H3,(H,23,26). The molecule has 0 spiro atoms. The summed E-state index contributed by atoms with van der Waals surface area (Å²) in [5, 5.41) is 3.94. The molecule has 1 amide bonds. The molecule has 3 N–H and O–H groups in total. The Morgan fingerprint density at radius 2 is 1.76 bits per heavy atom. The van der Waals surface area contributed by atoms with Crippen LogP contribution < -0.4 is 10.0 Å². The number of amides is 1. The normalized spacial score (nSPS) is 11.9. The minimum Gasteiger partial charge on any atom is -0.358 e. The third-order valence-electron chi connectivity index (χ3n) is 4.89. The number of carbonyl (C=O) groups is 1. The second kappa shape index (κ2) is 8.39. The Kier molecular flexibility index (Phi) is 6.10. The molecule has 0 aliphatic rings. The van der Waals surface area contributed by atoms with E-state index in [4.69, 9.17) is 0 Å². The fourth-order valence-electron chi connectivity index (χ4n) is 3.36. The Bertz CT molecular complexity index is 1150. The molecule has 0 atom stereocenters. The molecule has 0 radical (unpaired) electrons. The van der Waals surface area contributed by atoms with Gasteiger partial charge in [-0.2, -0.15) is 0 Å². The van der Waals surface area contributed by atoms with E-state index in [2.05, 4.69) is 15.0 Å². The summed E-state index contributed by atoms with van der Waals surface area (Å²) in [7, 11) is -3.44. The maximum absolute atomic E-state index is 12.7. The molecule has 0 aliphatic heterocycles. The Morgan fingerprint density at radius 3 is 2.45 bits per heavy atom. The quantitative estimate of drug-likeness (QED) is 0.553. The zero-order chi connectivity index (χ0) is 21.2. The van der Waals surface area contributed by atoms with E-state index < -0.39 is 10.0 Å². The largest absolute Gasteiger partial charge is 0.358 e. The summed E-state index contributed by atoms with van der Waals surface area (Å²) in [4.78, 5) is 16.0. The van der Waals surface area contributed by atoms with Gasteiger partial charge in [-0.25, -0.2) is 13.1 Å². The van der Waals surface area contributed by atoms with E-state index in [1.54, 1.807) is 32.0 Å². The average molecular weight is 414 g/mol. The number of aryl methyl sites for hydroxylation is 2. The van der Waals surface area contributed by atoms with Gasteiger partial charge in [0.25, 0.3) is 5.91 Å². The Morgan fingerprint density at radius 1 is 1.07 bits per heavy atom. The van der Waals surface area contributed by atoms with Crippen molar-refractivity contribution in [3.05, 3.63) is 70.4 Å². The van der Waals surface area contributed by atoms with E-state index in [0.717, 1.165) is 27.7 Å². The van der Waals surface area contributed by atoms with Gasteiger partial charge in [0.15, 0.2) is 0 Å². The summed E-state index contributed by atoms with van der Waals surface area (Å²) < 4.78 is 27.1. The number of aromatic amines is 1.